The second-order valence-electron chi connectivity index (χ2n) is 7.45. The van der Waals surface area contributed by atoms with Gasteiger partial charge in [0.15, 0.2) is 0 Å². The van der Waals surface area contributed by atoms with Crippen molar-refractivity contribution in [3.05, 3.63) is 0 Å². The summed E-state index contributed by atoms with van der Waals surface area (Å²) in [7, 11) is 0. The van der Waals surface area contributed by atoms with Gasteiger partial charge in [-0.15, -0.1) is 0 Å². The summed E-state index contributed by atoms with van der Waals surface area (Å²) in [6.07, 6.45) is 19.7. The van der Waals surface area contributed by atoms with E-state index in [1.807, 2.05) is 0 Å². The van der Waals surface area contributed by atoms with Crippen LogP contribution in [-0.2, 0) is 4.79 Å². The average molecular weight is 356 g/mol. The van der Waals surface area contributed by atoms with E-state index in [1.165, 1.54) is 77.0 Å². The number of aliphatic hydroxyl groups is 1. The van der Waals surface area contributed by atoms with Crippen LogP contribution < -0.4 is 5.32 Å². The summed E-state index contributed by atoms with van der Waals surface area (Å²) < 4.78 is 0. The molecule has 0 aromatic carbocycles. The number of carbonyl (C=O) groups excluding carboxylic acids is 1. The van der Waals surface area contributed by atoms with Crippen LogP contribution in [0.1, 0.15) is 117 Å². The highest BCUT2D eigenvalue weighted by Crippen LogP contribution is 2.13. The summed E-state index contributed by atoms with van der Waals surface area (Å²) in [4.78, 5) is 12.1. The topological polar surface area (TPSA) is 49.3 Å². The lowest BCUT2D eigenvalue weighted by Gasteiger charge is -2.15. The van der Waals surface area contributed by atoms with E-state index in [0.717, 1.165) is 25.8 Å². The Bertz CT molecular complexity index is 281. The van der Waals surface area contributed by atoms with Crippen LogP contribution >= 0.6 is 0 Å². The first-order valence-electron chi connectivity index (χ1n) is 11.1. The number of unbranched alkanes of at least 4 members (excludes halogenated alkanes) is 12. The third-order valence-corrected chi connectivity index (χ3v) is 5.05. The van der Waals surface area contributed by atoms with Crippen LogP contribution in [0.3, 0.4) is 0 Å². The molecule has 2 N–H and O–H groups in total. The minimum atomic E-state index is -0.0103. The molecule has 0 radical (unpaired) electrons. The normalized spacial score (nSPS) is 12.4. The zero-order chi connectivity index (χ0) is 18.6. The maximum Gasteiger partial charge on any atom is 0.149 e. The molecule has 25 heavy (non-hydrogen) atoms. The molecule has 0 fully saturated rings. The number of nitrogens with one attached hydrogen (secondary N) is 1. The van der Waals surface area contributed by atoms with Gasteiger partial charge in [0.25, 0.3) is 0 Å². The van der Waals surface area contributed by atoms with Gasteiger partial charge < -0.3 is 10.4 Å². The number of carbonyl (C=O) groups is 1. The average Bonchev–Trinajstić information content (AvgIpc) is 2.62. The van der Waals surface area contributed by atoms with Crippen LogP contribution in [0, 0.1) is 0 Å². The van der Waals surface area contributed by atoms with E-state index in [4.69, 9.17) is 5.11 Å². The summed E-state index contributed by atoms with van der Waals surface area (Å²) in [6, 6.07) is -0.0103. The minimum absolute atomic E-state index is 0.0103. The van der Waals surface area contributed by atoms with Gasteiger partial charge in [0, 0.05) is 13.0 Å². The van der Waals surface area contributed by atoms with Crippen LogP contribution in [0.15, 0.2) is 0 Å². The Kier molecular flexibility index (Phi) is 19.6. The minimum Gasteiger partial charge on any atom is -0.396 e. The number of aliphatic hydroxyl groups excluding tert-OH is 1. The number of Topliss-reactive ketones (excluding diaryl/α,β-unsaturated/α-hetero) is 1. The molecule has 0 aromatic heterocycles. The van der Waals surface area contributed by atoms with Crippen LogP contribution in [-0.4, -0.2) is 30.1 Å². The summed E-state index contributed by atoms with van der Waals surface area (Å²) in [5, 5.41) is 12.1. The Hall–Kier alpha value is -0.410. The molecule has 0 aliphatic rings. The molecule has 0 saturated heterocycles. The molecule has 0 rings (SSSR count). The Morgan fingerprint density at radius 2 is 1.24 bits per heavy atom. The first kappa shape index (κ1) is 24.6. The van der Waals surface area contributed by atoms with Gasteiger partial charge in [-0.3, -0.25) is 4.79 Å². The lowest BCUT2D eigenvalue weighted by Crippen LogP contribution is -2.37. The maximum atomic E-state index is 12.1. The zero-order valence-electron chi connectivity index (χ0n) is 17.2. The molecule has 0 amide bonds. The van der Waals surface area contributed by atoms with Gasteiger partial charge >= 0.3 is 0 Å². The Labute approximate surface area is 157 Å². The quantitative estimate of drug-likeness (QED) is 0.272. The molecule has 0 aromatic rings. The van der Waals surface area contributed by atoms with E-state index < -0.39 is 0 Å². The largest absolute Gasteiger partial charge is 0.396 e. The van der Waals surface area contributed by atoms with Gasteiger partial charge in [-0.25, -0.2) is 0 Å². The Balaban J connectivity index is 3.35. The van der Waals surface area contributed by atoms with Crippen LogP contribution in [0.4, 0.5) is 0 Å². The molecular formula is C22H45NO2. The fraction of sp³-hybridized carbons (Fsp3) is 0.955. The van der Waals surface area contributed by atoms with Crippen molar-refractivity contribution >= 4 is 5.78 Å². The zero-order valence-corrected chi connectivity index (χ0v) is 17.2. The number of rotatable bonds is 20. The summed E-state index contributed by atoms with van der Waals surface area (Å²) >= 11 is 0. The van der Waals surface area contributed by atoms with Gasteiger partial charge in [0.1, 0.15) is 5.78 Å². The van der Waals surface area contributed by atoms with Gasteiger partial charge in [-0.05, 0) is 25.8 Å². The molecular weight excluding hydrogens is 310 g/mol. The fourth-order valence-corrected chi connectivity index (χ4v) is 3.33. The first-order chi connectivity index (χ1) is 12.3. The highest BCUT2D eigenvalue weighted by molar-refractivity contribution is 5.83. The Morgan fingerprint density at radius 1 is 0.760 bits per heavy atom. The molecule has 0 aliphatic carbocycles. The third kappa shape index (κ3) is 16.8. The SMILES string of the molecule is CCCCCCCCCCCCCCCC(=O)C(CC)NCCCO. The second kappa shape index (κ2) is 19.9. The van der Waals surface area contributed by atoms with E-state index >= 15 is 0 Å². The highest BCUT2D eigenvalue weighted by atomic mass is 16.3. The van der Waals surface area contributed by atoms with Crippen molar-refractivity contribution in [3.63, 3.8) is 0 Å². The van der Waals surface area contributed by atoms with Crippen molar-refractivity contribution in [3.8, 4) is 0 Å². The van der Waals surface area contributed by atoms with Crippen molar-refractivity contribution in [2.75, 3.05) is 13.2 Å². The van der Waals surface area contributed by atoms with E-state index in [2.05, 4.69) is 19.2 Å². The third-order valence-electron chi connectivity index (χ3n) is 5.05. The smallest absolute Gasteiger partial charge is 0.149 e. The first-order valence-corrected chi connectivity index (χ1v) is 11.1. The van der Waals surface area contributed by atoms with Crippen molar-refractivity contribution in [1.29, 1.82) is 0 Å². The van der Waals surface area contributed by atoms with Crippen molar-refractivity contribution in [1.82, 2.24) is 5.32 Å². The molecule has 0 bridgehead atoms. The predicted molar refractivity (Wildman–Crippen MR) is 109 cm³/mol. The van der Waals surface area contributed by atoms with E-state index in [0.29, 0.717) is 12.2 Å². The second-order valence-corrected chi connectivity index (χ2v) is 7.45. The molecule has 3 heteroatoms. The van der Waals surface area contributed by atoms with Gasteiger partial charge in [-0.1, -0.05) is 90.9 Å². The molecule has 3 nitrogen and oxygen atoms in total. The molecule has 1 unspecified atom stereocenters. The highest BCUT2D eigenvalue weighted by Gasteiger charge is 2.14. The molecule has 0 spiro atoms. The van der Waals surface area contributed by atoms with Crippen LogP contribution in [0.2, 0.25) is 0 Å². The van der Waals surface area contributed by atoms with Crippen molar-refractivity contribution in [2.24, 2.45) is 0 Å². The van der Waals surface area contributed by atoms with E-state index in [1.54, 1.807) is 0 Å². The number of hydrogen-bond acceptors (Lipinski definition) is 3. The summed E-state index contributed by atoms with van der Waals surface area (Å²) in [5.74, 6) is 0.350. The maximum absolute atomic E-state index is 12.1. The van der Waals surface area contributed by atoms with Gasteiger partial charge in [0.2, 0.25) is 0 Å². The Morgan fingerprint density at radius 3 is 1.68 bits per heavy atom. The van der Waals surface area contributed by atoms with Crippen molar-refractivity contribution < 1.29 is 9.90 Å². The summed E-state index contributed by atoms with van der Waals surface area (Å²) in [5.41, 5.74) is 0. The molecule has 1 atom stereocenters. The lowest BCUT2D eigenvalue weighted by atomic mass is 10.0. The standard InChI is InChI=1S/C22H45NO2/c1-3-5-6-7-8-9-10-11-12-13-14-15-16-18-22(25)21(4-2)23-19-17-20-24/h21,23-24H,3-20H2,1-2H3. The number of hydrogen-bond donors (Lipinski definition) is 2. The van der Waals surface area contributed by atoms with Gasteiger partial charge in [0.05, 0.1) is 6.04 Å². The van der Waals surface area contributed by atoms with Crippen LogP contribution in [0.25, 0.3) is 0 Å². The monoisotopic (exact) mass is 355 g/mol. The fourth-order valence-electron chi connectivity index (χ4n) is 3.33. The van der Waals surface area contributed by atoms with E-state index in [-0.39, 0.29) is 12.6 Å². The van der Waals surface area contributed by atoms with Gasteiger partial charge in [-0.2, -0.15) is 0 Å². The molecule has 150 valence electrons. The lowest BCUT2D eigenvalue weighted by molar-refractivity contribution is -0.121. The van der Waals surface area contributed by atoms with E-state index in [9.17, 15) is 4.79 Å². The van der Waals surface area contributed by atoms with Crippen LogP contribution in [0.5, 0.6) is 0 Å². The molecule has 0 saturated carbocycles. The molecule has 0 heterocycles. The van der Waals surface area contributed by atoms with Crippen molar-refractivity contribution in [2.45, 2.75) is 123 Å². The molecule has 0 aliphatic heterocycles. The number of ketones is 1. The predicted octanol–water partition coefficient (Wildman–Crippen LogP) is 5.79. The summed E-state index contributed by atoms with van der Waals surface area (Å²) in [6.45, 7) is 5.25.